The van der Waals surface area contributed by atoms with Crippen LogP contribution in [0.2, 0.25) is 0 Å². The Labute approximate surface area is 222 Å². The van der Waals surface area contributed by atoms with Gasteiger partial charge in [0.15, 0.2) is 17.4 Å². The zero-order valence-corrected chi connectivity index (χ0v) is 21.4. The van der Waals surface area contributed by atoms with Crippen molar-refractivity contribution in [1.82, 2.24) is 25.2 Å². The molecule has 39 heavy (non-hydrogen) atoms. The molecule has 12 heteroatoms. The maximum Gasteiger partial charge on any atom is 0.267 e. The first-order valence-electron chi connectivity index (χ1n) is 12.6. The number of hydrogen-bond acceptors (Lipinski definition) is 7. The van der Waals surface area contributed by atoms with E-state index in [9.17, 15) is 23.1 Å². The third-order valence-corrected chi connectivity index (χ3v) is 6.69. The summed E-state index contributed by atoms with van der Waals surface area (Å²) in [6.45, 7) is 4.53. The van der Waals surface area contributed by atoms with Gasteiger partial charge in [-0.15, -0.1) is 0 Å². The molecule has 5 rings (SSSR count). The second-order valence-electron chi connectivity index (χ2n) is 9.80. The highest BCUT2D eigenvalue weighted by Crippen LogP contribution is 2.33. The Hall–Kier alpha value is -4.35. The summed E-state index contributed by atoms with van der Waals surface area (Å²) in [5.41, 5.74) is 1.64. The minimum absolute atomic E-state index is 0.0527. The first-order valence-corrected chi connectivity index (χ1v) is 12.6. The van der Waals surface area contributed by atoms with Gasteiger partial charge in [0.25, 0.3) is 17.7 Å². The number of phenols is 1. The monoisotopic (exact) mass is 540 g/mol. The normalized spacial score (nSPS) is 13.5. The summed E-state index contributed by atoms with van der Waals surface area (Å²) in [6, 6.07) is 9.80. The Balaban J connectivity index is 1.43. The molecule has 2 aromatic heterocycles. The molecule has 9 nitrogen and oxygen atoms in total. The third-order valence-electron chi connectivity index (χ3n) is 6.69. The molecule has 0 saturated heterocycles. The largest absolute Gasteiger partial charge is 0.503 e. The van der Waals surface area contributed by atoms with Gasteiger partial charge in [-0.25, -0.2) is 8.78 Å². The third kappa shape index (κ3) is 5.45. The van der Waals surface area contributed by atoms with E-state index in [0.717, 1.165) is 30.5 Å². The van der Waals surface area contributed by atoms with Gasteiger partial charge in [-0.1, -0.05) is 12.1 Å². The van der Waals surface area contributed by atoms with Crippen molar-refractivity contribution in [3.05, 3.63) is 76.9 Å². The van der Waals surface area contributed by atoms with E-state index in [1.165, 1.54) is 0 Å². The number of nitrogens with zero attached hydrogens (tertiary/aromatic N) is 5. The van der Waals surface area contributed by atoms with Gasteiger partial charge in [-0.05, 0) is 68.1 Å². The van der Waals surface area contributed by atoms with Crippen LogP contribution in [0.4, 0.5) is 19.1 Å². The molecule has 204 valence electrons. The summed E-state index contributed by atoms with van der Waals surface area (Å²) < 4.78 is 48.9. The zero-order chi connectivity index (χ0) is 27.7. The summed E-state index contributed by atoms with van der Waals surface area (Å²) in [5.74, 6) is -6.54. The fourth-order valence-electron chi connectivity index (χ4n) is 4.33. The predicted molar refractivity (Wildman–Crippen MR) is 135 cm³/mol. The number of nitrogens with one attached hydrogen (secondary N) is 1. The van der Waals surface area contributed by atoms with Crippen molar-refractivity contribution in [2.75, 3.05) is 4.90 Å². The minimum atomic E-state index is -1.70. The van der Waals surface area contributed by atoms with Gasteiger partial charge in [0.05, 0.1) is 17.8 Å². The lowest BCUT2D eigenvalue weighted by Crippen LogP contribution is -2.39. The highest BCUT2D eigenvalue weighted by atomic mass is 19.2. The number of halogens is 3. The minimum Gasteiger partial charge on any atom is -0.503 e. The van der Waals surface area contributed by atoms with E-state index in [1.54, 1.807) is 23.2 Å². The van der Waals surface area contributed by atoms with Crippen LogP contribution < -0.4 is 10.2 Å². The lowest BCUT2D eigenvalue weighted by atomic mass is 9.93. The van der Waals surface area contributed by atoms with Crippen LogP contribution in [0.15, 0.2) is 47.1 Å². The number of amides is 1. The average molecular weight is 541 g/mol. The Morgan fingerprint density at radius 1 is 1.15 bits per heavy atom. The summed E-state index contributed by atoms with van der Waals surface area (Å²) in [7, 11) is 0. The molecule has 0 unspecified atom stereocenters. The van der Waals surface area contributed by atoms with Crippen LogP contribution in [-0.2, 0) is 13.1 Å². The van der Waals surface area contributed by atoms with Crippen molar-refractivity contribution in [2.24, 2.45) is 0 Å². The number of carbonyl (C=O) groups excluding carboxylic acids is 1. The topological polar surface area (TPSA) is 109 Å². The van der Waals surface area contributed by atoms with Crippen LogP contribution in [0, 0.1) is 17.5 Å². The summed E-state index contributed by atoms with van der Waals surface area (Å²) >= 11 is 0. The van der Waals surface area contributed by atoms with Gasteiger partial charge in [-0.3, -0.25) is 9.48 Å². The maximum atomic E-state index is 14.5. The average Bonchev–Trinajstić information content (AvgIpc) is 3.57. The molecular formula is C27H27F3N6O3. The quantitative estimate of drug-likeness (QED) is 0.284. The molecule has 1 saturated carbocycles. The van der Waals surface area contributed by atoms with E-state index >= 15 is 0 Å². The Bertz CT molecular complexity index is 1480. The second kappa shape index (κ2) is 10.8. The molecule has 1 fully saturated rings. The van der Waals surface area contributed by atoms with Crippen molar-refractivity contribution < 1.29 is 27.6 Å². The predicted octanol–water partition coefficient (Wildman–Crippen LogP) is 5.13. The molecule has 2 heterocycles. The van der Waals surface area contributed by atoms with Gasteiger partial charge in [0.1, 0.15) is 0 Å². The van der Waals surface area contributed by atoms with E-state index in [1.807, 2.05) is 36.7 Å². The van der Waals surface area contributed by atoms with Gasteiger partial charge >= 0.3 is 0 Å². The van der Waals surface area contributed by atoms with Crippen LogP contribution in [-0.4, -0.2) is 37.0 Å². The molecule has 1 aliphatic rings. The number of benzene rings is 2. The smallest absolute Gasteiger partial charge is 0.267 e. The maximum absolute atomic E-state index is 14.5. The van der Waals surface area contributed by atoms with E-state index in [4.69, 9.17) is 4.52 Å². The Kier molecular flexibility index (Phi) is 7.27. The molecule has 0 aliphatic heterocycles. The SMILES string of the molecule is CC(C)n1nccc1CN(Cc1ccc(C(=O)NC2CCC2)cc1)c1noc(-c2cc(F)c(F)c(O)c2F)n1. The molecule has 2 N–H and O–H groups in total. The van der Waals surface area contributed by atoms with Crippen LogP contribution >= 0.6 is 0 Å². The number of carbonyl (C=O) groups is 1. The van der Waals surface area contributed by atoms with E-state index in [2.05, 4.69) is 20.6 Å². The Morgan fingerprint density at radius 2 is 1.90 bits per heavy atom. The van der Waals surface area contributed by atoms with Crippen molar-refractivity contribution in [3.8, 4) is 17.2 Å². The number of aromatic hydroxyl groups is 1. The summed E-state index contributed by atoms with van der Waals surface area (Å²) in [5, 5.41) is 20.9. The fraction of sp³-hybridized carbons (Fsp3) is 0.333. The molecule has 0 radical (unpaired) electrons. The van der Waals surface area contributed by atoms with E-state index in [0.29, 0.717) is 11.6 Å². The standard InChI is InChI=1S/C27H27F3N6O3/c1-15(2)36-19(10-11-31-36)14-35(13-16-6-8-17(9-7-16)25(38)32-18-4-3-5-18)27-33-26(39-34-27)20-12-21(28)23(30)24(37)22(20)29/h6-12,15,18,37H,3-5,13-14H2,1-2H3,(H,32,38). The van der Waals surface area contributed by atoms with Crippen LogP contribution in [0.25, 0.3) is 11.5 Å². The number of anilines is 1. The molecular weight excluding hydrogens is 513 g/mol. The highest BCUT2D eigenvalue weighted by Gasteiger charge is 2.25. The first kappa shape index (κ1) is 26.3. The highest BCUT2D eigenvalue weighted by molar-refractivity contribution is 5.94. The Morgan fingerprint density at radius 3 is 2.56 bits per heavy atom. The lowest BCUT2D eigenvalue weighted by molar-refractivity contribution is 0.0917. The molecule has 4 aromatic rings. The van der Waals surface area contributed by atoms with Crippen molar-refractivity contribution in [1.29, 1.82) is 0 Å². The summed E-state index contributed by atoms with van der Waals surface area (Å²) in [4.78, 5) is 18.4. The van der Waals surface area contributed by atoms with Crippen LogP contribution in [0.1, 0.15) is 60.8 Å². The number of hydrogen-bond donors (Lipinski definition) is 2. The lowest BCUT2D eigenvalue weighted by Gasteiger charge is -2.26. The van der Waals surface area contributed by atoms with E-state index in [-0.39, 0.29) is 37.0 Å². The van der Waals surface area contributed by atoms with Crippen molar-refractivity contribution in [3.63, 3.8) is 0 Å². The van der Waals surface area contributed by atoms with Crippen LogP contribution in [0.3, 0.4) is 0 Å². The fourth-order valence-corrected chi connectivity index (χ4v) is 4.33. The molecule has 1 aliphatic carbocycles. The van der Waals surface area contributed by atoms with Gasteiger partial charge in [-0.2, -0.15) is 14.5 Å². The number of aromatic nitrogens is 4. The van der Waals surface area contributed by atoms with Crippen molar-refractivity contribution in [2.45, 2.75) is 58.3 Å². The number of phenolic OH excluding ortho intramolecular Hbond substituents is 1. The first-order chi connectivity index (χ1) is 18.7. The van der Waals surface area contributed by atoms with Crippen molar-refractivity contribution >= 4 is 11.9 Å². The van der Waals surface area contributed by atoms with Gasteiger partial charge < -0.3 is 19.8 Å². The van der Waals surface area contributed by atoms with E-state index < -0.39 is 34.7 Å². The molecule has 2 aromatic carbocycles. The van der Waals surface area contributed by atoms with Gasteiger partial charge in [0.2, 0.25) is 5.82 Å². The second-order valence-corrected chi connectivity index (χ2v) is 9.80. The van der Waals surface area contributed by atoms with Gasteiger partial charge in [0, 0.05) is 30.4 Å². The molecule has 0 atom stereocenters. The number of rotatable bonds is 9. The zero-order valence-electron chi connectivity index (χ0n) is 21.4. The molecule has 0 spiro atoms. The molecule has 0 bridgehead atoms. The summed E-state index contributed by atoms with van der Waals surface area (Å²) in [6.07, 6.45) is 4.78. The molecule has 1 amide bonds. The van der Waals surface area contributed by atoms with Crippen LogP contribution in [0.5, 0.6) is 5.75 Å².